The smallest absolute Gasteiger partial charge is 0.191 e. The van der Waals surface area contributed by atoms with E-state index >= 15 is 0 Å². The lowest BCUT2D eigenvalue weighted by molar-refractivity contribution is 0.218. The first kappa shape index (κ1) is 10.5. The molecule has 0 aromatic carbocycles. The first-order chi connectivity index (χ1) is 6.29. The molecule has 0 amide bonds. The Balaban J connectivity index is 2.51. The van der Waals surface area contributed by atoms with Gasteiger partial charge in [-0.15, -0.1) is 10.2 Å². The van der Waals surface area contributed by atoms with Crippen LogP contribution in [0.2, 0.25) is 0 Å². The maximum atomic E-state index is 5.46. The van der Waals surface area contributed by atoms with Crippen molar-refractivity contribution in [3.63, 3.8) is 0 Å². The molecule has 5 nitrogen and oxygen atoms in total. The molecule has 6 heteroatoms. The van der Waals surface area contributed by atoms with Crippen molar-refractivity contribution in [1.29, 1.82) is 0 Å². The molecule has 0 spiro atoms. The van der Waals surface area contributed by atoms with E-state index in [2.05, 4.69) is 10.2 Å². The Morgan fingerprint density at radius 1 is 1.54 bits per heavy atom. The van der Waals surface area contributed by atoms with Crippen molar-refractivity contribution >= 4 is 11.8 Å². The highest BCUT2D eigenvalue weighted by atomic mass is 32.2. The van der Waals surface area contributed by atoms with Gasteiger partial charge in [-0.1, -0.05) is 11.8 Å². The van der Waals surface area contributed by atoms with Crippen LogP contribution < -0.4 is 5.73 Å². The lowest BCUT2D eigenvalue weighted by Crippen LogP contribution is -2.05. The molecule has 0 radical (unpaired) electrons. The molecule has 0 aliphatic rings. The van der Waals surface area contributed by atoms with Crippen molar-refractivity contribution in [2.75, 3.05) is 19.5 Å². The van der Waals surface area contributed by atoms with E-state index in [1.807, 2.05) is 11.6 Å². The quantitative estimate of drug-likeness (QED) is 0.538. The summed E-state index contributed by atoms with van der Waals surface area (Å²) < 4.78 is 6.84. The Kier molecular flexibility index (Phi) is 4.20. The summed E-state index contributed by atoms with van der Waals surface area (Å²) in [6.07, 6.45) is 0. The van der Waals surface area contributed by atoms with Crippen LogP contribution in [0.3, 0.4) is 0 Å². The van der Waals surface area contributed by atoms with Crippen LogP contribution in [0.1, 0.15) is 5.82 Å². The first-order valence-electron chi connectivity index (χ1n) is 3.99. The number of rotatable bonds is 5. The van der Waals surface area contributed by atoms with Gasteiger partial charge in [-0.05, 0) is 0 Å². The van der Waals surface area contributed by atoms with E-state index in [0.29, 0.717) is 6.54 Å². The topological polar surface area (TPSA) is 66.0 Å². The normalized spacial score (nSPS) is 10.7. The molecule has 1 aromatic rings. The summed E-state index contributed by atoms with van der Waals surface area (Å²) in [7, 11) is 3.60. The minimum absolute atomic E-state index is 0.425. The molecule has 0 bridgehead atoms. The van der Waals surface area contributed by atoms with Crippen LogP contribution in [-0.4, -0.2) is 34.2 Å². The predicted molar refractivity (Wildman–Crippen MR) is 51.5 cm³/mol. The number of thioether (sulfide) groups is 1. The van der Waals surface area contributed by atoms with Crippen molar-refractivity contribution < 1.29 is 4.74 Å². The van der Waals surface area contributed by atoms with E-state index in [1.165, 1.54) is 0 Å². The van der Waals surface area contributed by atoms with Crippen molar-refractivity contribution in [1.82, 2.24) is 14.8 Å². The summed E-state index contributed by atoms with van der Waals surface area (Å²) in [6, 6.07) is 0. The van der Waals surface area contributed by atoms with Gasteiger partial charge in [0.15, 0.2) is 5.16 Å². The standard InChI is InChI=1S/C7H14N4OS/c1-11-6(5-8)9-10-7(11)13-4-3-12-2/h3-5,8H2,1-2H3. The van der Waals surface area contributed by atoms with Gasteiger partial charge >= 0.3 is 0 Å². The SMILES string of the molecule is COCCSc1nnc(CN)n1C. The minimum Gasteiger partial charge on any atom is -0.384 e. The Hall–Kier alpha value is -0.590. The van der Waals surface area contributed by atoms with Gasteiger partial charge in [0.05, 0.1) is 13.2 Å². The third-order valence-electron chi connectivity index (χ3n) is 1.63. The minimum atomic E-state index is 0.425. The van der Waals surface area contributed by atoms with Gasteiger partial charge in [-0.2, -0.15) is 0 Å². The Morgan fingerprint density at radius 2 is 2.31 bits per heavy atom. The van der Waals surface area contributed by atoms with Crippen LogP contribution in [-0.2, 0) is 18.3 Å². The Morgan fingerprint density at radius 3 is 2.85 bits per heavy atom. The van der Waals surface area contributed by atoms with Gasteiger partial charge in [0.2, 0.25) is 0 Å². The molecule has 0 saturated heterocycles. The number of ether oxygens (including phenoxy) is 1. The molecule has 0 aliphatic carbocycles. The van der Waals surface area contributed by atoms with E-state index in [9.17, 15) is 0 Å². The molecule has 0 atom stereocenters. The second kappa shape index (κ2) is 5.21. The average molecular weight is 202 g/mol. The molecule has 1 rings (SSSR count). The van der Waals surface area contributed by atoms with Gasteiger partial charge in [-0.25, -0.2) is 0 Å². The first-order valence-corrected chi connectivity index (χ1v) is 4.98. The van der Waals surface area contributed by atoms with Crippen molar-refractivity contribution in [2.45, 2.75) is 11.7 Å². The average Bonchev–Trinajstić information content (AvgIpc) is 2.48. The summed E-state index contributed by atoms with van der Waals surface area (Å²) in [5.74, 6) is 1.69. The van der Waals surface area contributed by atoms with Crippen LogP contribution in [0, 0.1) is 0 Å². The number of hydrogen-bond acceptors (Lipinski definition) is 5. The molecule has 1 aromatic heterocycles. The lowest BCUT2D eigenvalue weighted by Gasteiger charge is -2.01. The van der Waals surface area contributed by atoms with Gasteiger partial charge in [0, 0.05) is 19.9 Å². The number of aromatic nitrogens is 3. The number of nitrogens with zero attached hydrogens (tertiary/aromatic N) is 3. The van der Waals surface area contributed by atoms with Gasteiger partial charge in [0.1, 0.15) is 5.82 Å². The van der Waals surface area contributed by atoms with Crippen molar-refractivity contribution in [3.05, 3.63) is 5.82 Å². The molecule has 0 fully saturated rings. The van der Waals surface area contributed by atoms with E-state index in [1.54, 1.807) is 18.9 Å². The Bertz CT molecular complexity index is 263. The lowest BCUT2D eigenvalue weighted by atomic mass is 10.6. The predicted octanol–water partition coefficient (Wildman–Crippen LogP) is 0.0123. The van der Waals surface area contributed by atoms with E-state index in [4.69, 9.17) is 10.5 Å². The highest BCUT2D eigenvalue weighted by Crippen LogP contribution is 2.14. The van der Waals surface area contributed by atoms with E-state index in [-0.39, 0.29) is 0 Å². The summed E-state index contributed by atoms with van der Waals surface area (Å²) in [4.78, 5) is 0. The van der Waals surface area contributed by atoms with Gasteiger partial charge in [-0.3, -0.25) is 0 Å². The fourth-order valence-electron chi connectivity index (χ4n) is 0.865. The zero-order chi connectivity index (χ0) is 9.68. The van der Waals surface area contributed by atoms with Crippen LogP contribution in [0.25, 0.3) is 0 Å². The summed E-state index contributed by atoms with van der Waals surface area (Å²) >= 11 is 1.62. The monoisotopic (exact) mass is 202 g/mol. The molecule has 0 unspecified atom stereocenters. The second-order valence-electron chi connectivity index (χ2n) is 2.50. The van der Waals surface area contributed by atoms with Crippen molar-refractivity contribution in [3.8, 4) is 0 Å². The molecule has 1 heterocycles. The number of nitrogens with two attached hydrogens (primary N) is 1. The van der Waals surface area contributed by atoms with Crippen LogP contribution in [0.4, 0.5) is 0 Å². The van der Waals surface area contributed by atoms with Crippen molar-refractivity contribution in [2.24, 2.45) is 12.8 Å². The molecular formula is C7H14N4OS. The Labute approximate surface area is 81.7 Å². The third kappa shape index (κ3) is 2.68. The van der Waals surface area contributed by atoms with E-state index < -0.39 is 0 Å². The molecule has 74 valence electrons. The second-order valence-corrected chi connectivity index (χ2v) is 3.57. The summed E-state index contributed by atoms with van der Waals surface area (Å²) in [5, 5.41) is 8.82. The number of hydrogen-bond donors (Lipinski definition) is 1. The zero-order valence-electron chi connectivity index (χ0n) is 7.86. The van der Waals surface area contributed by atoms with Crippen LogP contribution in [0.5, 0.6) is 0 Å². The highest BCUT2D eigenvalue weighted by Gasteiger charge is 2.06. The highest BCUT2D eigenvalue weighted by molar-refractivity contribution is 7.99. The fraction of sp³-hybridized carbons (Fsp3) is 0.714. The van der Waals surface area contributed by atoms with Crippen LogP contribution in [0.15, 0.2) is 5.16 Å². The molecule has 0 saturated carbocycles. The maximum absolute atomic E-state index is 5.46. The fourth-order valence-corrected chi connectivity index (χ4v) is 1.69. The van der Waals surface area contributed by atoms with Gasteiger partial charge in [0.25, 0.3) is 0 Å². The zero-order valence-corrected chi connectivity index (χ0v) is 8.67. The third-order valence-corrected chi connectivity index (χ3v) is 2.61. The number of methoxy groups -OCH3 is 1. The molecule has 2 N–H and O–H groups in total. The van der Waals surface area contributed by atoms with Crippen LogP contribution >= 0.6 is 11.8 Å². The largest absolute Gasteiger partial charge is 0.384 e. The maximum Gasteiger partial charge on any atom is 0.191 e. The molecular weight excluding hydrogens is 188 g/mol. The summed E-state index contributed by atoms with van der Waals surface area (Å²) in [5.41, 5.74) is 5.46. The molecule has 13 heavy (non-hydrogen) atoms. The molecule has 0 aliphatic heterocycles. The van der Waals surface area contributed by atoms with E-state index in [0.717, 1.165) is 23.3 Å². The summed E-state index contributed by atoms with van der Waals surface area (Å²) in [6.45, 7) is 1.14. The van der Waals surface area contributed by atoms with Gasteiger partial charge < -0.3 is 15.0 Å².